The first-order valence-corrected chi connectivity index (χ1v) is 8.36. The lowest BCUT2D eigenvalue weighted by Crippen LogP contribution is -2.19. The highest BCUT2D eigenvalue weighted by molar-refractivity contribution is 6.00. The van der Waals surface area contributed by atoms with E-state index in [1.807, 2.05) is 19.1 Å². The summed E-state index contributed by atoms with van der Waals surface area (Å²) in [5, 5.41) is 9.44. The number of hydrogen-bond acceptors (Lipinski definition) is 6. The van der Waals surface area contributed by atoms with E-state index in [2.05, 4.69) is 20.8 Å². The fourth-order valence-corrected chi connectivity index (χ4v) is 2.41. The number of aryl methyl sites for hydroxylation is 1. The van der Waals surface area contributed by atoms with Crippen molar-refractivity contribution >= 4 is 17.4 Å². The van der Waals surface area contributed by atoms with Gasteiger partial charge in [0, 0.05) is 23.7 Å². The van der Waals surface area contributed by atoms with Crippen LogP contribution in [0.15, 0.2) is 47.0 Å². The number of benzene rings is 2. The fourth-order valence-electron chi connectivity index (χ4n) is 2.41. The number of urea groups is 1. The summed E-state index contributed by atoms with van der Waals surface area (Å²) in [7, 11) is 3.09. The molecule has 3 rings (SSSR count). The van der Waals surface area contributed by atoms with Gasteiger partial charge >= 0.3 is 6.03 Å². The van der Waals surface area contributed by atoms with Gasteiger partial charge in [0.1, 0.15) is 11.5 Å². The Hall–Kier alpha value is -3.55. The van der Waals surface area contributed by atoms with Crippen molar-refractivity contribution in [2.75, 3.05) is 24.9 Å². The molecule has 0 radical (unpaired) electrons. The van der Waals surface area contributed by atoms with Gasteiger partial charge in [-0.1, -0.05) is 12.1 Å². The Morgan fingerprint density at radius 2 is 1.85 bits per heavy atom. The Kier molecular flexibility index (Phi) is 5.55. The Balaban J connectivity index is 1.67. The van der Waals surface area contributed by atoms with E-state index < -0.39 is 6.03 Å². The van der Waals surface area contributed by atoms with Crippen molar-refractivity contribution in [2.24, 2.45) is 0 Å². The standard InChI is InChI=1S/C19H20N4O4/c1-4-17-22-18(23-27-17)12-5-7-13(8-6-12)20-19(24)21-15-11-14(25-2)9-10-16(15)26-3/h5-11H,4H2,1-3H3,(H2,20,21,24). The van der Waals surface area contributed by atoms with Crippen LogP contribution in [0.3, 0.4) is 0 Å². The van der Waals surface area contributed by atoms with Crippen molar-refractivity contribution in [3.8, 4) is 22.9 Å². The predicted molar refractivity (Wildman–Crippen MR) is 101 cm³/mol. The second-order valence-electron chi connectivity index (χ2n) is 5.59. The van der Waals surface area contributed by atoms with Crippen LogP contribution in [0.25, 0.3) is 11.4 Å². The van der Waals surface area contributed by atoms with E-state index in [0.29, 0.717) is 41.0 Å². The molecule has 0 bridgehead atoms. The van der Waals surface area contributed by atoms with Gasteiger partial charge in [0.15, 0.2) is 0 Å². The van der Waals surface area contributed by atoms with E-state index >= 15 is 0 Å². The van der Waals surface area contributed by atoms with Crippen LogP contribution in [0.5, 0.6) is 11.5 Å². The minimum absolute atomic E-state index is 0.401. The molecule has 2 N–H and O–H groups in total. The molecule has 27 heavy (non-hydrogen) atoms. The third-order valence-electron chi connectivity index (χ3n) is 3.83. The molecular weight excluding hydrogens is 348 g/mol. The Labute approximate surface area is 156 Å². The molecule has 0 unspecified atom stereocenters. The summed E-state index contributed by atoms with van der Waals surface area (Å²) in [5.41, 5.74) is 1.93. The molecule has 0 spiro atoms. The summed E-state index contributed by atoms with van der Waals surface area (Å²) in [6.45, 7) is 1.94. The molecule has 1 heterocycles. The maximum Gasteiger partial charge on any atom is 0.323 e. The van der Waals surface area contributed by atoms with Crippen molar-refractivity contribution in [3.63, 3.8) is 0 Å². The third kappa shape index (κ3) is 4.35. The molecule has 140 valence electrons. The van der Waals surface area contributed by atoms with Crippen LogP contribution in [-0.2, 0) is 6.42 Å². The monoisotopic (exact) mass is 368 g/mol. The Bertz CT molecular complexity index is 922. The number of hydrogen-bond donors (Lipinski definition) is 2. The highest BCUT2D eigenvalue weighted by Gasteiger charge is 2.10. The van der Waals surface area contributed by atoms with Gasteiger partial charge in [-0.15, -0.1) is 0 Å². The number of nitrogens with zero attached hydrogens (tertiary/aromatic N) is 2. The van der Waals surface area contributed by atoms with Crippen molar-refractivity contribution in [1.29, 1.82) is 0 Å². The lowest BCUT2D eigenvalue weighted by atomic mass is 10.2. The van der Waals surface area contributed by atoms with Gasteiger partial charge in [-0.3, -0.25) is 0 Å². The zero-order chi connectivity index (χ0) is 19.2. The summed E-state index contributed by atoms with van der Waals surface area (Å²) >= 11 is 0. The van der Waals surface area contributed by atoms with Crippen LogP contribution >= 0.6 is 0 Å². The first-order valence-electron chi connectivity index (χ1n) is 8.36. The third-order valence-corrected chi connectivity index (χ3v) is 3.83. The molecule has 0 saturated heterocycles. The van der Waals surface area contributed by atoms with Gasteiger partial charge in [-0.05, 0) is 36.4 Å². The molecule has 8 nitrogen and oxygen atoms in total. The summed E-state index contributed by atoms with van der Waals surface area (Å²) in [6, 6.07) is 11.9. The molecule has 0 saturated carbocycles. The van der Waals surface area contributed by atoms with Crippen molar-refractivity contribution < 1.29 is 18.8 Å². The van der Waals surface area contributed by atoms with E-state index in [9.17, 15) is 4.79 Å². The molecular formula is C19H20N4O4. The van der Waals surface area contributed by atoms with Crippen LogP contribution in [0, 0.1) is 0 Å². The predicted octanol–water partition coefficient (Wildman–Crippen LogP) is 3.96. The minimum atomic E-state index is -0.401. The SMILES string of the molecule is CCc1nc(-c2ccc(NC(=O)Nc3cc(OC)ccc3OC)cc2)no1. The fraction of sp³-hybridized carbons (Fsp3) is 0.211. The van der Waals surface area contributed by atoms with E-state index in [-0.39, 0.29) is 0 Å². The first kappa shape index (κ1) is 18.2. The van der Waals surface area contributed by atoms with Crippen molar-refractivity contribution in [3.05, 3.63) is 48.4 Å². The first-order chi connectivity index (χ1) is 13.1. The van der Waals surface area contributed by atoms with E-state index in [1.165, 1.54) is 7.11 Å². The lowest BCUT2D eigenvalue weighted by molar-refractivity contribution is 0.262. The second kappa shape index (κ2) is 8.22. The Morgan fingerprint density at radius 3 is 2.48 bits per heavy atom. The van der Waals surface area contributed by atoms with Gasteiger partial charge < -0.3 is 24.6 Å². The number of rotatable bonds is 6. The molecule has 3 aromatic rings. The maximum atomic E-state index is 12.3. The number of carbonyl (C=O) groups is 1. The molecule has 2 aromatic carbocycles. The molecule has 8 heteroatoms. The zero-order valence-corrected chi connectivity index (χ0v) is 15.3. The minimum Gasteiger partial charge on any atom is -0.497 e. The number of nitrogens with one attached hydrogen (secondary N) is 2. The average molecular weight is 368 g/mol. The number of aromatic nitrogens is 2. The van der Waals surface area contributed by atoms with Crippen molar-refractivity contribution in [1.82, 2.24) is 10.1 Å². The van der Waals surface area contributed by atoms with Gasteiger partial charge in [0.05, 0.1) is 19.9 Å². The lowest BCUT2D eigenvalue weighted by Gasteiger charge is -2.12. The average Bonchev–Trinajstić information content (AvgIpc) is 3.17. The molecule has 0 atom stereocenters. The topological polar surface area (TPSA) is 98.5 Å². The second-order valence-corrected chi connectivity index (χ2v) is 5.59. The van der Waals surface area contributed by atoms with Gasteiger partial charge in [-0.2, -0.15) is 4.98 Å². The summed E-state index contributed by atoms with van der Waals surface area (Å²) in [5.74, 6) is 2.25. The molecule has 0 aliphatic heterocycles. The van der Waals surface area contributed by atoms with Gasteiger partial charge in [0.2, 0.25) is 11.7 Å². The number of ether oxygens (including phenoxy) is 2. The normalized spacial score (nSPS) is 10.3. The highest BCUT2D eigenvalue weighted by Crippen LogP contribution is 2.29. The van der Waals surface area contributed by atoms with Gasteiger partial charge in [0.25, 0.3) is 0 Å². The van der Waals surface area contributed by atoms with E-state index in [1.54, 1.807) is 37.4 Å². The number of amides is 2. The number of carbonyl (C=O) groups excluding carboxylic acids is 1. The molecule has 0 aliphatic rings. The summed E-state index contributed by atoms with van der Waals surface area (Å²) < 4.78 is 15.5. The van der Waals surface area contributed by atoms with Crippen LogP contribution in [0.4, 0.5) is 16.2 Å². The van der Waals surface area contributed by atoms with E-state index in [0.717, 1.165) is 5.56 Å². The summed E-state index contributed by atoms with van der Waals surface area (Å²) in [6.07, 6.45) is 0.681. The van der Waals surface area contributed by atoms with Crippen LogP contribution < -0.4 is 20.1 Å². The molecule has 2 amide bonds. The quantitative estimate of drug-likeness (QED) is 0.683. The molecule has 0 aliphatic carbocycles. The molecule has 0 fully saturated rings. The highest BCUT2D eigenvalue weighted by atomic mass is 16.5. The zero-order valence-electron chi connectivity index (χ0n) is 15.3. The largest absolute Gasteiger partial charge is 0.497 e. The van der Waals surface area contributed by atoms with Gasteiger partial charge in [-0.25, -0.2) is 4.79 Å². The number of methoxy groups -OCH3 is 2. The Morgan fingerprint density at radius 1 is 1.07 bits per heavy atom. The van der Waals surface area contributed by atoms with Crippen LogP contribution in [0.2, 0.25) is 0 Å². The molecule has 1 aromatic heterocycles. The summed E-state index contributed by atoms with van der Waals surface area (Å²) in [4.78, 5) is 16.6. The smallest absolute Gasteiger partial charge is 0.323 e. The van der Waals surface area contributed by atoms with Crippen LogP contribution in [0.1, 0.15) is 12.8 Å². The van der Waals surface area contributed by atoms with Crippen molar-refractivity contribution in [2.45, 2.75) is 13.3 Å². The number of anilines is 2. The maximum absolute atomic E-state index is 12.3. The van der Waals surface area contributed by atoms with Crippen LogP contribution in [-0.4, -0.2) is 30.4 Å². The van der Waals surface area contributed by atoms with E-state index in [4.69, 9.17) is 14.0 Å².